The van der Waals surface area contributed by atoms with E-state index in [2.05, 4.69) is 0 Å². The van der Waals surface area contributed by atoms with Gasteiger partial charge in [0.05, 0.1) is 21.3 Å². The van der Waals surface area contributed by atoms with Crippen molar-refractivity contribution in [1.29, 1.82) is 0 Å². The number of aromatic nitrogens is 2. The van der Waals surface area contributed by atoms with E-state index >= 15 is 4.39 Å². The highest BCUT2D eigenvalue weighted by Crippen LogP contribution is 2.57. The lowest BCUT2D eigenvalue weighted by atomic mass is 10.1. The van der Waals surface area contributed by atoms with Gasteiger partial charge in [-0.3, -0.25) is 23.4 Å². The van der Waals surface area contributed by atoms with E-state index in [1.165, 1.54) is 18.2 Å². The van der Waals surface area contributed by atoms with Gasteiger partial charge in [0, 0.05) is 5.56 Å². The number of ether oxygens (including phenoxy) is 2. The first-order valence-corrected chi connectivity index (χ1v) is 10.4. The molecule has 2 aliphatic rings. The number of para-hydroxylation sites is 1. The zero-order valence-electron chi connectivity index (χ0n) is 17.2. The van der Waals surface area contributed by atoms with Gasteiger partial charge in [-0.15, -0.1) is 0 Å². The molecule has 3 N–H and O–H groups in total. The minimum atomic E-state index is -4.49. The molecule has 2 aromatic rings. The SMILES string of the molecule is [2H][C@@]1(n2cc(F)c(=O)[nH]c2=O)O[C@](F)(COP2(=O)OCc3cccc(OC)c3O2)[C@@H](O)[C@H]1O. The molecule has 0 saturated carbocycles. The van der Waals surface area contributed by atoms with Gasteiger partial charge in [-0.1, -0.05) is 12.1 Å². The van der Waals surface area contributed by atoms with E-state index in [-0.39, 0.29) is 28.9 Å². The fourth-order valence-corrected chi connectivity index (χ4v) is 4.28. The lowest BCUT2D eigenvalue weighted by Crippen LogP contribution is -2.43. The van der Waals surface area contributed by atoms with Crippen molar-refractivity contribution in [2.45, 2.75) is 30.9 Å². The molecule has 1 aromatic carbocycles. The number of nitrogens with zero attached hydrogens (tertiary/aromatic N) is 1. The van der Waals surface area contributed by atoms with E-state index in [0.29, 0.717) is 5.56 Å². The molecule has 0 aliphatic carbocycles. The van der Waals surface area contributed by atoms with Crippen molar-refractivity contribution < 1.29 is 48.0 Å². The van der Waals surface area contributed by atoms with Crippen LogP contribution in [0.3, 0.4) is 0 Å². The van der Waals surface area contributed by atoms with Crippen LogP contribution in [0.2, 0.25) is 0 Å². The first kappa shape index (κ1) is 21.2. The molecule has 5 atom stereocenters. The Labute approximate surface area is 178 Å². The Bertz CT molecular complexity index is 1240. The smallest absolute Gasteiger partial charge is 0.493 e. The third-order valence-electron chi connectivity index (χ3n) is 4.69. The van der Waals surface area contributed by atoms with E-state index in [4.69, 9.17) is 24.4 Å². The summed E-state index contributed by atoms with van der Waals surface area (Å²) < 4.78 is 75.1. The van der Waals surface area contributed by atoms with E-state index in [1.807, 2.05) is 0 Å². The highest BCUT2D eigenvalue weighted by atomic mass is 31.2. The number of hydrogen-bond donors (Lipinski definition) is 3. The molecule has 0 spiro atoms. The van der Waals surface area contributed by atoms with Crippen molar-refractivity contribution in [3.8, 4) is 11.5 Å². The Morgan fingerprint density at radius 3 is 2.91 bits per heavy atom. The zero-order valence-corrected chi connectivity index (χ0v) is 17.1. The molecule has 1 aromatic heterocycles. The standard InChI is InChI=1S/C17H17F2N2O10P/c1-27-10-4-2-3-8-6-28-32(26,31-12(8)10)29-7-17(19)13(23)11(22)15(30-17)21-5-9(18)14(24)20-16(21)25/h2-5,11,13,15,22-23H,6-7H2,1H3,(H,20,24,25)/t11-,13+,15-,17-,32?/m1/s1/i15D. The lowest BCUT2D eigenvalue weighted by molar-refractivity contribution is -0.205. The summed E-state index contributed by atoms with van der Waals surface area (Å²) in [5.41, 5.74) is -2.40. The van der Waals surface area contributed by atoms with Crippen LogP contribution < -0.4 is 20.5 Å². The molecule has 1 unspecified atom stereocenters. The molecule has 0 radical (unpaired) electrons. The second kappa shape index (κ2) is 8.06. The molecule has 2 aliphatic heterocycles. The van der Waals surface area contributed by atoms with Crippen molar-refractivity contribution in [3.05, 3.63) is 56.6 Å². The summed E-state index contributed by atoms with van der Waals surface area (Å²) in [4.78, 5) is 24.7. The number of hydrogen-bond acceptors (Lipinski definition) is 10. The van der Waals surface area contributed by atoms with Crippen molar-refractivity contribution in [1.82, 2.24) is 9.55 Å². The van der Waals surface area contributed by atoms with Gasteiger partial charge in [-0.05, 0) is 6.07 Å². The second-order valence-corrected chi connectivity index (χ2v) is 8.35. The molecule has 12 nitrogen and oxygen atoms in total. The Morgan fingerprint density at radius 2 is 2.19 bits per heavy atom. The maximum Gasteiger partial charge on any atom is 0.530 e. The molecule has 32 heavy (non-hydrogen) atoms. The van der Waals surface area contributed by atoms with Crippen LogP contribution in [-0.2, 0) is 25.0 Å². The van der Waals surface area contributed by atoms with Crippen LogP contribution in [0.5, 0.6) is 11.5 Å². The number of alkyl halides is 1. The highest BCUT2D eigenvalue weighted by Gasteiger charge is 2.57. The summed E-state index contributed by atoms with van der Waals surface area (Å²) in [7, 11) is -3.17. The van der Waals surface area contributed by atoms with Gasteiger partial charge in [0.15, 0.2) is 17.7 Å². The monoisotopic (exact) mass is 479 g/mol. The van der Waals surface area contributed by atoms with Gasteiger partial charge in [0.25, 0.3) is 11.4 Å². The predicted molar refractivity (Wildman–Crippen MR) is 99.2 cm³/mol. The number of aliphatic hydroxyl groups excluding tert-OH is 2. The molecule has 15 heteroatoms. The number of nitrogens with one attached hydrogen (secondary N) is 1. The number of methoxy groups -OCH3 is 1. The molecule has 1 fully saturated rings. The van der Waals surface area contributed by atoms with Crippen LogP contribution in [0.15, 0.2) is 34.0 Å². The van der Waals surface area contributed by atoms with Crippen molar-refractivity contribution in [3.63, 3.8) is 0 Å². The first-order chi connectivity index (χ1) is 15.4. The highest BCUT2D eigenvalue weighted by molar-refractivity contribution is 7.49. The number of aromatic amines is 1. The van der Waals surface area contributed by atoms with Crippen LogP contribution in [0.4, 0.5) is 8.78 Å². The quantitative estimate of drug-likeness (QED) is 0.511. The van der Waals surface area contributed by atoms with Crippen molar-refractivity contribution in [2.24, 2.45) is 0 Å². The van der Waals surface area contributed by atoms with Crippen LogP contribution in [0.1, 0.15) is 13.1 Å². The number of phosphoric ester groups is 1. The summed E-state index contributed by atoms with van der Waals surface area (Å²) in [6, 6.07) is 4.71. The van der Waals surface area contributed by atoms with Crippen LogP contribution in [0, 0.1) is 5.82 Å². The summed E-state index contributed by atoms with van der Waals surface area (Å²) >= 11 is 0. The predicted octanol–water partition coefficient (Wildman–Crippen LogP) is 0.335. The Balaban J connectivity index is 1.58. The third kappa shape index (κ3) is 3.85. The summed E-state index contributed by atoms with van der Waals surface area (Å²) in [5, 5.41) is 20.4. The molecule has 0 bridgehead atoms. The maximum atomic E-state index is 15.4. The average molecular weight is 479 g/mol. The maximum absolute atomic E-state index is 15.4. The normalized spacial score (nSPS) is 34.5. The van der Waals surface area contributed by atoms with Crippen LogP contribution >= 0.6 is 7.82 Å². The van der Waals surface area contributed by atoms with Gasteiger partial charge < -0.3 is 24.2 Å². The zero-order chi connectivity index (χ0) is 24.2. The summed E-state index contributed by atoms with van der Waals surface area (Å²) in [5.74, 6) is -4.77. The Morgan fingerprint density at radius 1 is 1.44 bits per heavy atom. The molecule has 3 heterocycles. The fourth-order valence-electron chi connectivity index (χ4n) is 3.04. The fraction of sp³-hybridized carbons (Fsp3) is 0.412. The van der Waals surface area contributed by atoms with Gasteiger partial charge >= 0.3 is 13.5 Å². The Hall–Kier alpha value is -2.61. The Kier molecular flexibility index (Phi) is 5.35. The number of phosphoric acid groups is 1. The topological polar surface area (TPSA) is 159 Å². The molecular formula is C17H17F2N2O10P. The molecule has 174 valence electrons. The van der Waals surface area contributed by atoms with Crippen LogP contribution in [0.25, 0.3) is 0 Å². The first-order valence-electron chi connectivity index (χ1n) is 9.44. The number of aliphatic hydroxyl groups is 2. The molecular weight excluding hydrogens is 461 g/mol. The number of fused-ring (bicyclic) bond motifs is 1. The lowest BCUT2D eigenvalue weighted by Gasteiger charge is -2.28. The molecule has 1 saturated heterocycles. The van der Waals surface area contributed by atoms with Gasteiger partial charge in [-0.25, -0.2) is 13.8 Å². The minimum absolute atomic E-state index is 0.0144. The van der Waals surface area contributed by atoms with E-state index in [9.17, 15) is 28.8 Å². The summed E-state index contributed by atoms with van der Waals surface area (Å²) in [6.07, 6.45) is -7.92. The molecule has 4 rings (SSSR count). The number of halogens is 2. The van der Waals surface area contributed by atoms with Gasteiger partial charge in [0.2, 0.25) is 5.82 Å². The number of H-pyrrole nitrogens is 1. The molecule has 0 amide bonds. The van der Waals surface area contributed by atoms with E-state index in [1.54, 1.807) is 12.1 Å². The van der Waals surface area contributed by atoms with E-state index < -0.39 is 55.8 Å². The second-order valence-electron chi connectivity index (χ2n) is 6.76. The third-order valence-corrected chi connectivity index (χ3v) is 5.98. The number of rotatable bonds is 5. The number of benzene rings is 1. The van der Waals surface area contributed by atoms with Crippen LogP contribution in [-0.4, -0.2) is 51.5 Å². The minimum Gasteiger partial charge on any atom is -0.493 e. The summed E-state index contributed by atoms with van der Waals surface area (Å²) in [6.45, 7) is -1.65. The van der Waals surface area contributed by atoms with Crippen molar-refractivity contribution in [2.75, 3.05) is 13.7 Å². The van der Waals surface area contributed by atoms with E-state index in [0.717, 1.165) is 0 Å². The largest absolute Gasteiger partial charge is 0.530 e. The van der Waals surface area contributed by atoms with Crippen molar-refractivity contribution >= 4 is 7.82 Å². The van der Waals surface area contributed by atoms with Gasteiger partial charge in [0.1, 0.15) is 18.8 Å². The van der Waals surface area contributed by atoms with Gasteiger partial charge in [-0.2, -0.15) is 4.39 Å². The average Bonchev–Trinajstić information content (AvgIpc) is 2.95.